The van der Waals surface area contributed by atoms with E-state index in [1.54, 1.807) is 0 Å². The van der Waals surface area contributed by atoms with Gasteiger partial charge in [-0.25, -0.2) is 0 Å². The van der Waals surface area contributed by atoms with Crippen LogP contribution in [-0.4, -0.2) is 35.4 Å². The molecule has 0 unspecified atom stereocenters. The van der Waals surface area contributed by atoms with Gasteiger partial charge >= 0.3 is 68.2 Å². The summed E-state index contributed by atoms with van der Waals surface area (Å²) in [6.45, 7) is 0. The number of rotatable bonds is 0. The average Bonchev–Trinajstić information content (AvgIpc) is 1.64. The van der Waals surface area contributed by atoms with Gasteiger partial charge in [-0.2, -0.15) is 0 Å². The first-order chi connectivity index (χ1) is 3.79. The molecule has 0 N–H and O–H groups in total. The topological polar surface area (TPSA) is 0 Å². The van der Waals surface area contributed by atoms with E-state index >= 15 is 0 Å². The molecule has 0 radical (unpaired) electrons. The maximum absolute atomic E-state index is 2.17. The molecule has 0 saturated carbocycles. The van der Waals surface area contributed by atoms with Crippen molar-refractivity contribution in [2.45, 2.75) is 0 Å². The molecule has 0 aromatic heterocycles. The Kier molecular flexibility index (Phi) is 2.30. The van der Waals surface area contributed by atoms with Crippen molar-refractivity contribution in [3.05, 3.63) is 24.3 Å². The van der Waals surface area contributed by atoms with Crippen LogP contribution < -0.4 is 8.47 Å². The van der Waals surface area contributed by atoms with Crippen LogP contribution in [0.25, 0.3) is 0 Å². The Morgan fingerprint density at radius 3 is 1.75 bits per heavy atom. The molecule has 1 aromatic rings. The predicted molar refractivity (Wildman–Crippen MR) is 37.2 cm³/mol. The Bertz CT molecular complexity index is 166. The molecular weight excluding hydrogens is 85.9 g/mol. The van der Waals surface area contributed by atoms with Crippen LogP contribution in [-0.2, 0) is 0 Å². The third-order valence-corrected chi connectivity index (χ3v) is 1.17. The van der Waals surface area contributed by atoms with Gasteiger partial charge in [0.1, 0.15) is 0 Å². The van der Waals surface area contributed by atoms with E-state index < -0.39 is 0 Å². The van der Waals surface area contributed by atoms with E-state index in [0.717, 1.165) is 0 Å². The van der Waals surface area contributed by atoms with Crippen LogP contribution in [0.5, 0.6) is 0 Å². The van der Waals surface area contributed by atoms with Gasteiger partial charge < -0.3 is 0 Å². The van der Waals surface area contributed by atoms with Crippen LogP contribution in [0.2, 0.25) is 0 Å². The van der Waals surface area contributed by atoms with E-state index in [1.165, 1.54) is 8.47 Å². The molecule has 0 atom stereocenters. The summed E-state index contributed by atoms with van der Waals surface area (Å²) in [7, 11) is 0. The van der Waals surface area contributed by atoms with E-state index in [4.69, 9.17) is 0 Å². The van der Waals surface area contributed by atoms with E-state index in [1.807, 2.05) is 0 Å². The van der Waals surface area contributed by atoms with Gasteiger partial charge in [-0.05, 0) is 0 Å². The summed E-state index contributed by atoms with van der Waals surface area (Å²) in [5.41, 5.74) is 0. The van der Waals surface area contributed by atoms with Crippen LogP contribution in [0, 0.1) is 0 Å². The summed E-state index contributed by atoms with van der Waals surface area (Å²) < 4.78 is 2.68. The first kappa shape index (κ1) is 6.53. The molecule has 0 fully saturated rings. The normalized spacial score (nSPS) is 9.50. The second-order valence-electron chi connectivity index (χ2n) is 2.16. The number of hydrogen-bond donors (Lipinski definition) is 0. The first-order valence-electron chi connectivity index (χ1n) is 2.82. The van der Waals surface area contributed by atoms with Crippen molar-refractivity contribution in [2.75, 3.05) is 0 Å². The number of benzene rings is 1. The van der Waals surface area contributed by atoms with Crippen LogP contribution in [0.1, 0.15) is 0 Å². The summed E-state index contributed by atoms with van der Waals surface area (Å²) in [5, 5.41) is 0. The average molecular weight is 90.0 g/mol. The molecule has 0 nitrogen and oxygen atoms in total. The Morgan fingerprint density at radius 1 is 1.00 bits per heavy atom. The van der Waals surface area contributed by atoms with Crippen molar-refractivity contribution >= 4 is 43.9 Å². The molecular formula is C6H4Li2. The van der Waals surface area contributed by atoms with Crippen molar-refractivity contribution < 1.29 is 0 Å². The molecule has 0 heterocycles. The van der Waals surface area contributed by atoms with Gasteiger partial charge in [-0.1, -0.05) is 0 Å². The van der Waals surface area contributed by atoms with Crippen molar-refractivity contribution in [2.24, 2.45) is 0 Å². The Morgan fingerprint density at radius 2 is 1.50 bits per heavy atom. The third-order valence-electron chi connectivity index (χ3n) is 1.17. The third kappa shape index (κ3) is 1.73. The molecule has 1 aromatic carbocycles. The number of hydrogen-bond acceptors (Lipinski definition) is 0. The zero-order chi connectivity index (χ0) is 5.98. The fraction of sp³-hybridized carbons (Fsp3) is 0. The van der Waals surface area contributed by atoms with Gasteiger partial charge in [0.25, 0.3) is 0 Å². The molecule has 2 heteroatoms. The fourth-order valence-corrected chi connectivity index (χ4v) is 0.807. The standard InChI is InChI=1S/C6H4.2Li/c1-2-4-6-5-3-1;;/h1-3,6H;;. The minimum atomic E-state index is 1.34. The summed E-state index contributed by atoms with van der Waals surface area (Å²) in [6, 6.07) is 8.45. The van der Waals surface area contributed by atoms with Crippen molar-refractivity contribution in [3.8, 4) is 0 Å². The molecule has 0 aliphatic heterocycles. The predicted octanol–water partition coefficient (Wildman–Crippen LogP) is -0.726. The first-order valence-corrected chi connectivity index (χ1v) is 2.82. The monoisotopic (exact) mass is 90.1 g/mol. The maximum atomic E-state index is 2.17. The SMILES string of the molecule is [Li][c]1ccc[c]([Li])c1. The molecule has 0 aliphatic rings. The van der Waals surface area contributed by atoms with Crippen LogP contribution >= 0.6 is 0 Å². The van der Waals surface area contributed by atoms with Crippen LogP contribution in [0.4, 0.5) is 0 Å². The van der Waals surface area contributed by atoms with Gasteiger partial charge in [0.05, 0.1) is 0 Å². The minimum absolute atomic E-state index is 1.34. The molecule has 0 amide bonds. The quantitative estimate of drug-likeness (QED) is 0.368. The van der Waals surface area contributed by atoms with Gasteiger partial charge in [0.15, 0.2) is 0 Å². The van der Waals surface area contributed by atoms with Gasteiger partial charge in [0, 0.05) is 0 Å². The Balaban J connectivity index is 3.08. The second kappa shape index (κ2) is 2.81. The zero-order valence-corrected chi connectivity index (χ0v) is 5.31. The van der Waals surface area contributed by atoms with E-state index in [-0.39, 0.29) is 0 Å². The van der Waals surface area contributed by atoms with E-state index in [9.17, 15) is 0 Å². The second-order valence-corrected chi connectivity index (χ2v) is 2.16. The van der Waals surface area contributed by atoms with Crippen molar-refractivity contribution in [3.63, 3.8) is 0 Å². The van der Waals surface area contributed by atoms with Gasteiger partial charge in [0.2, 0.25) is 0 Å². The van der Waals surface area contributed by atoms with Crippen molar-refractivity contribution in [1.29, 1.82) is 0 Å². The van der Waals surface area contributed by atoms with E-state index in [0.29, 0.717) is 0 Å². The summed E-state index contributed by atoms with van der Waals surface area (Å²) in [4.78, 5) is 0. The molecule has 0 spiro atoms. The van der Waals surface area contributed by atoms with E-state index in [2.05, 4.69) is 59.7 Å². The molecule has 1 rings (SSSR count). The molecule has 0 saturated heterocycles. The van der Waals surface area contributed by atoms with Gasteiger partial charge in [-0.15, -0.1) is 0 Å². The molecule has 0 bridgehead atoms. The Labute approximate surface area is 68.1 Å². The molecule has 0 aliphatic carbocycles. The molecule has 8 heavy (non-hydrogen) atoms. The summed E-state index contributed by atoms with van der Waals surface area (Å²) in [5.74, 6) is 0. The van der Waals surface area contributed by atoms with Crippen LogP contribution in [0.15, 0.2) is 24.3 Å². The van der Waals surface area contributed by atoms with Crippen molar-refractivity contribution in [1.82, 2.24) is 0 Å². The summed E-state index contributed by atoms with van der Waals surface area (Å²) >= 11 is 4.21. The summed E-state index contributed by atoms with van der Waals surface area (Å²) in [6.07, 6.45) is 0. The molecule has 30 valence electrons. The Hall–Kier alpha value is 0.415. The van der Waals surface area contributed by atoms with Crippen LogP contribution in [0.3, 0.4) is 0 Å². The zero-order valence-electron chi connectivity index (χ0n) is 5.31. The van der Waals surface area contributed by atoms with Gasteiger partial charge in [-0.3, -0.25) is 0 Å². The fourth-order valence-electron chi connectivity index (χ4n) is 0.807.